The van der Waals surface area contributed by atoms with Crippen LogP contribution in [0.1, 0.15) is 33.6 Å². The lowest BCUT2D eigenvalue weighted by Gasteiger charge is -2.18. The van der Waals surface area contributed by atoms with Crippen LogP contribution >= 0.6 is 22.6 Å². The molecule has 1 aliphatic rings. The lowest BCUT2D eigenvalue weighted by Crippen LogP contribution is -2.18. The van der Waals surface area contributed by atoms with Gasteiger partial charge in [-0.1, -0.05) is 43.4 Å². The van der Waals surface area contributed by atoms with Crippen LogP contribution in [0.25, 0.3) is 0 Å². The predicted octanol–water partition coefficient (Wildman–Crippen LogP) is 2.53. The van der Waals surface area contributed by atoms with E-state index in [1.807, 2.05) is 0 Å². The van der Waals surface area contributed by atoms with E-state index in [9.17, 15) is 0 Å². The lowest BCUT2D eigenvalue weighted by molar-refractivity contribution is 0.349. The number of alkyl halides is 1. The van der Waals surface area contributed by atoms with E-state index in [4.69, 9.17) is 5.73 Å². The van der Waals surface area contributed by atoms with Crippen molar-refractivity contribution < 1.29 is 0 Å². The smallest absolute Gasteiger partial charge is 0.0713 e. The molecule has 1 saturated carbocycles. The molecule has 0 amide bonds. The number of hydrogen-bond donors (Lipinski definition) is 1. The van der Waals surface area contributed by atoms with Crippen molar-refractivity contribution >= 4 is 22.6 Å². The predicted molar refractivity (Wildman–Crippen MR) is 53.1 cm³/mol. The monoisotopic (exact) mass is 253 g/mol. The summed E-state index contributed by atoms with van der Waals surface area (Å²) in [5.41, 5.74) is 6.36. The summed E-state index contributed by atoms with van der Waals surface area (Å²) in [7, 11) is 0. The van der Waals surface area contributed by atoms with Gasteiger partial charge in [0.25, 0.3) is 0 Å². The van der Waals surface area contributed by atoms with Crippen molar-refractivity contribution in [2.24, 2.45) is 17.1 Å². The van der Waals surface area contributed by atoms with Crippen LogP contribution in [0.3, 0.4) is 0 Å². The highest BCUT2D eigenvalue weighted by atomic mass is 127. The van der Waals surface area contributed by atoms with Gasteiger partial charge in [0, 0.05) is 0 Å². The minimum Gasteiger partial charge on any atom is -0.317 e. The molecule has 2 unspecified atom stereocenters. The molecule has 0 radical (unpaired) electrons. The topological polar surface area (TPSA) is 26.0 Å². The van der Waals surface area contributed by atoms with Crippen molar-refractivity contribution in [3.05, 3.63) is 0 Å². The first kappa shape index (κ1) is 8.78. The summed E-state index contributed by atoms with van der Waals surface area (Å²) >= 11 is 2.37. The average molecular weight is 253 g/mol. The fraction of sp³-hybridized carbons (Fsp3) is 1.00. The quantitative estimate of drug-likeness (QED) is 0.433. The minimum absolute atomic E-state index is 0.144. The minimum atomic E-state index is 0.144. The zero-order chi connectivity index (χ0) is 7.99. The van der Waals surface area contributed by atoms with Crippen LogP contribution in [0, 0.1) is 11.3 Å². The summed E-state index contributed by atoms with van der Waals surface area (Å²) < 4.78 is 0.144. The molecule has 0 saturated heterocycles. The van der Waals surface area contributed by atoms with Crippen LogP contribution in [-0.4, -0.2) is 3.55 Å². The second-order valence-electron chi connectivity index (χ2n) is 4.59. The average Bonchev–Trinajstić information content (AvgIpc) is 2.05. The molecule has 1 nitrogen and oxygen atoms in total. The number of nitrogens with two attached hydrogens (primary N) is 1. The second-order valence-corrected chi connectivity index (χ2v) is 6.60. The van der Waals surface area contributed by atoms with Gasteiger partial charge >= 0.3 is 0 Å². The van der Waals surface area contributed by atoms with Crippen LogP contribution in [0.15, 0.2) is 0 Å². The van der Waals surface area contributed by atoms with E-state index in [-0.39, 0.29) is 3.55 Å². The largest absolute Gasteiger partial charge is 0.317 e. The fourth-order valence-corrected chi connectivity index (χ4v) is 2.05. The van der Waals surface area contributed by atoms with Gasteiger partial charge in [-0.05, 0) is 24.2 Å². The second kappa shape index (κ2) is 2.34. The van der Waals surface area contributed by atoms with Crippen LogP contribution in [0.2, 0.25) is 0 Å². The molecular weight excluding hydrogens is 237 g/mol. The molecular formula is C8H16IN. The van der Waals surface area contributed by atoms with E-state index in [2.05, 4.69) is 43.4 Å². The maximum atomic E-state index is 5.90. The number of rotatable bonds is 1. The molecule has 0 aromatic heterocycles. The Bertz CT molecular complexity index is 135. The standard InChI is InChI=1S/C8H16IN/c1-7(2,3)4-6-5-8(6,9)10/h6H,4-5,10H2,1-3H3. The zero-order valence-electron chi connectivity index (χ0n) is 6.95. The highest BCUT2D eigenvalue weighted by Crippen LogP contribution is 2.52. The fourth-order valence-electron chi connectivity index (χ4n) is 1.30. The van der Waals surface area contributed by atoms with Crippen molar-refractivity contribution in [1.29, 1.82) is 0 Å². The summed E-state index contributed by atoms with van der Waals surface area (Å²) in [6.07, 6.45) is 2.48. The Morgan fingerprint density at radius 3 is 2.10 bits per heavy atom. The van der Waals surface area contributed by atoms with Crippen LogP contribution < -0.4 is 5.73 Å². The van der Waals surface area contributed by atoms with Gasteiger partial charge in [-0.2, -0.15) is 0 Å². The Morgan fingerprint density at radius 1 is 1.60 bits per heavy atom. The van der Waals surface area contributed by atoms with Crippen molar-refractivity contribution in [2.45, 2.75) is 37.2 Å². The van der Waals surface area contributed by atoms with E-state index in [0.717, 1.165) is 5.92 Å². The van der Waals surface area contributed by atoms with Crippen molar-refractivity contribution in [3.8, 4) is 0 Å². The molecule has 0 bridgehead atoms. The molecule has 1 aliphatic carbocycles. The third kappa shape index (κ3) is 2.38. The molecule has 2 heteroatoms. The Kier molecular flexibility index (Phi) is 2.05. The Hall–Kier alpha value is 0.690. The molecule has 2 N–H and O–H groups in total. The number of halogens is 1. The summed E-state index contributed by atoms with van der Waals surface area (Å²) in [5.74, 6) is 0.771. The van der Waals surface area contributed by atoms with E-state index in [0.29, 0.717) is 5.41 Å². The van der Waals surface area contributed by atoms with Gasteiger partial charge in [0.1, 0.15) is 0 Å². The van der Waals surface area contributed by atoms with E-state index in [1.165, 1.54) is 12.8 Å². The summed E-state index contributed by atoms with van der Waals surface area (Å²) in [6, 6.07) is 0. The zero-order valence-corrected chi connectivity index (χ0v) is 9.10. The van der Waals surface area contributed by atoms with Gasteiger partial charge in [-0.15, -0.1) is 0 Å². The van der Waals surface area contributed by atoms with Gasteiger partial charge in [-0.3, -0.25) is 0 Å². The first-order valence-electron chi connectivity index (χ1n) is 3.79. The van der Waals surface area contributed by atoms with E-state index in [1.54, 1.807) is 0 Å². The Morgan fingerprint density at radius 2 is 2.00 bits per heavy atom. The third-order valence-electron chi connectivity index (χ3n) is 1.94. The van der Waals surface area contributed by atoms with Gasteiger partial charge in [0.15, 0.2) is 0 Å². The summed E-state index contributed by atoms with van der Waals surface area (Å²) in [6.45, 7) is 6.83. The Labute approximate surface area is 76.9 Å². The molecule has 2 atom stereocenters. The Balaban J connectivity index is 2.31. The summed E-state index contributed by atoms with van der Waals surface area (Å²) in [4.78, 5) is 0. The van der Waals surface area contributed by atoms with Gasteiger partial charge in [0.05, 0.1) is 3.55 Å². The van der Waals surface area contributed by atoms with Crippen LogP contribution in [-0.2, 0) is 0 Å². The maximum Gasteiger partial charge on any atom is 0.0713 e. The maximum absolute atomic E-state index is 5.90. The molecule has 0 heterocycles. The van der Waals surface area contributed by atoms with E-state index >= 15 is 0 Å². The van der Waals surface area contributed by atoms with Crippen LogP contribution in [0.4, 0.5) is 0 Å². The normalized spacial score (nSPS) is 39.9. The van der Waals surface area contributed by atoms with Crippen molar-refractivity contribution in [3.63, 3.8) is 0 Å². The number of hydrogen-bond acceptors (Lipinski definition) is 1. The highest BCUT2D eigenvalue weighted by molar-refractivity contribution is 14.1. The first-order chi connectivity index (χ1) is 4.31. The molecule has 1 fully saturated rings. The van der Waals surface area contributed by atoms with Crippen molar-refractivity contribution in [2.75, 3.05) is 0 Å². The molecule has 0 aromatic rings. The summed E-state index contributed by atoms with van der Waals surface area (Å²) in [5, 5.41) is 0. The molecule has 60 valence electrons. The molecule has 0 spiro atoms. The lowest BCUT2D eigenvalue weighted by atomic mass is 9.89. The third-order valence-corrected chi connectivity index (χ3v) is 3.26. The molecule has 10 heavy (non-hydrogen) atoms. The van der Waals surface area contributed by atoms with Crippen molar-refractivity contribution in [1.82, 2.24) is 0 Å². The van der Waals surface area contributed by atoms with Gasteiger partial charge in [0.2, 0.25) is 0 Å². The van der Waals surface area contributed by atoms with Gasteiger partial charge < -0.3 is 5.73 Å². The molecule has 0 aromatic carbocycles. The molecule has 1 rings (SSSR count). The van der Waals surface area contributed by atoms with E-state index < -0.39 is 0 Å². The van der Waals surface area contributed by atoms with Gasteiger partial charge in [-0.25, -0.2) is 0 Å². The molecule has 0 aliphatic heterocycles. The first-order valence-corrected chi connectivity index (χ1v) is 4.87. The SMILES string of the molecule is CC(C)(C)CC1CC1(N)I. The van der Waals surface area contributed by atoms with Crippen LogP contribution in [0.5, 0.6) is 0 Å². The highest BCUT2D eigenvalue weighted by Gasteiger charge is 2.49.